The van der Waals surface area contributed by atoms with Crippen LogP contribution in [0.25, 0.3) is 0 Å². The molecule has 0 aliphatic carbocycles. The average Bonchev–Trinajstić information content (AvgIpc) is 2.29. The van der Waals surface area contributed by atoms with Gasteiger partial charge in [0.2, 0.25) is 5.91 Å². The van der Waals surface area contributed by atoms with E-state index in [1.165, 1.54) is 0 Å². The smallest absolute Gasteiger partial charge is 0.238 e. The molecule has 1 aromatic rings. The number of rotatable bonds is 6. The van der Waals surface area contributed by atoms with Gasteiger partial charge in [-0.1, -0.05) is 12.1 Å². The highest BCUT2D eigenvalue weighted by atomic mass is 16.5. The molecule has 16 heavy (non-hydrogen) atoms. The molecule has 86 valence electrons. The van der Waals surface area contributed by atoms with Crippen molar-refractivity contribution in [2.24, 2.45) is 0 Å². The van der Waals surface area contributed by atoms with E-state index in [1.54, 1.807) is 19.3 Å². The van der Waals surface area contributed by atoms with Gasteiger partial charge in [0.05, 0.1) is 13.7 Å². The molecule has 0 aromatic heterocycles. The molecule has 0 radical (unpaired) electrons. The van der Waals surface area contributed by atoms with E-state index in [9.17, 15) is 4.79 Å². The molecular formula is C12H16N2O2. The standard InChI is InChI=1S/C12H16N2O2/c1-3-7-13-9-12(15)14-10-5-4-6-11(8-10)16-2/h3-6,8,13H,1,7,9H2,2H3,(H,14,15). The summed E-state index contributed by atoms with van der Waals surface area (Å²) in [5.41, 5.74) is 0.727. The summed E-state index contributed by atoms with van der Waals surface area (Å²) in [5.74, 6) is 0.631. The highest BCUT2D eigenvalue weighted by molar-refractivity contribution is 5.92. The third kappa shape index (κ3) is 4.14. The topological polar surface area (TPSA) is 50.4 Å². The van der Waals surface area contributed by atoms with Gasteiger partial charge in [-0.3, -0.25) is 4.79 Å². The number of ether oxygens (including phenoxy) is 1. The zero-order valence-corrected chi connectivity index (χ0v) is 9.32. The molecule has 0 saturated heterocycles. The van der Waals surface area contributed by atoms with Gasteiger partial charge in [0.15, 0.2) is 0 Å². The number of carbonyl (C=O) groups is 1. The van der Waals surface area contributed by atoms with Crippen LogP contribution >= 0.6 is 0 Å². The molecule has 0 aliphatic rings. The monoisotopic (exact) mass is 220 g/mol. The van der Waals surface area contributed by atoms with Crippen LogP contribution in [0.15, 0.2) is 36.9 Å². The lowest BCUT2D eigenvalue weighted by molar-refractivity contribution is -0.115. The number of methoxy groups -OCH3 is 1. The maximum atomic E-state index is 11.4. The molecule has 4 heteroatoms. The van der Waals surface area contributed by atoms with Crippen LogP contribution in [0.1, 0.15) is 0 Å². The fourth-order valence-corrected chi connectivity index (χ4v) is 1.19. The number of carbonyl (C=O) groups excluding carboxylic acids is 1. The minimum absolute atomic E-state index is 0.0879. The molecule has 0 aliphatic heterocycles. The Morgan fingerprint density at radius 1 is 1.56 bits per heavy atom. The van der Waals surface area contributed by atoms with Crippen LogP contribution in [0.2, 0.25) is 0 Å². The van der Waals surface area contributed by atoms with Crippen molar-refractivity contribution in [2.75, 3.05) is 25.5 Å². The van der Waals surface area contributed by atoms with E-state index in [2.05, 4.69) is 17.2 Å². The Hall–Kier alpha value is -1.81. The zero-order valence-electron chi connectivity index (χ0n) is 9.32. The van der Waals surface area contributed by atoms with Gasteiger partial charge < -0.3 is 15.4 Å². The Morgan fingerprint density at radius 2 is 2.38 bits per heavy atom. The number of benzene rings is 1. The van der Waals surface area contributed by atoms with Gasteiger partial charge in [0.25, 0.3) is 0 Å². The summed E-state index contributed by atoms with van der Waals surface area (Å²) in [6.45, 7) is 4.44. The van der Waals surface area contributed by atoms with Crippen molar-refractivity contribution in [3.8, 4) is 5.75 Å². The van der Waals surface area contributed by atoms with Crippen molar-refractivity contribution >= 4 is 11.6 Å². The summed E-state index contributed by atoms with van der Waals surface area (Å²) < 4.78 is 5.05. The van der Waals surface area contributed by atoms with Gasteiger partial charge >= 0.3 is 0 Å². The van der Waals surface area contributed by atoms with Gasteiger partial charge in [-0.25, -0.2) is 0 Å². The van der Waals surface area contributed by atoms with E-state index < -0.39 is 0 Å². The van der Waals surface area contributed by atoms with Crippen molar-refractivity contribution in [2.45, 2.75) is 0 Å². The first-order chi connectivity index (χ1) is 7.76. The highest BCUT2D eigenvalue weighted by Gasteiger charge is 2.01. The van der Waals surface area contributed by atoms with Gasteiger partial charge in [-0.15, -0.1) is 6.58 Å². The third-order valence-electron chi connectivity index (χ3n) is 1.93. The first kappa shape index (κ1) is 12.3. The largest absolute Gasteiger partial charge is 0.497 e. The molecule has 1 rings (SSSR count). The van der Waals surface area contributed by atoms with Crippen LogP contribution in [0.3, 0.4) is 0 Å². The molecule has 1 aromatic carbocycles. The lowest BCUT2D eigenvalue weighted by Gasteiger charge is -2.07. The lowest BCUT2D eigenvalue weighted by Crippen LogP contribution is -2.28. The van der Waals surface area contributed by atoms with Crippen molar-refractivity contribution < 1.29 is 9.53 Å². The van der Waals surface area contributed by atoms with Gasteiger partial charge in [0, 0.05) is 18.3 Å². The molecular weight excluding hydrogens is 204 g/mol. The Balaban J connectivity index is 2.45. The Labute approximate surface area is 95.3 Å². The minimum Gasteiger partial charge on any atom is -0.497 e. The molecule has 0 saturated carbocycles. The summed E-state index contributed by atoms with van der Waals surface area (Å²) in [6.07, 6.45) is 1.71. The summed E-state index contributed by atoms with van der Waals surface area (Å²) in [4.78, 5) is 11.4. The van der Waals surface area contributed by atoms with Gasteiger partial charge in [0.1, 0.15) is 5.75 Å². The molecule has 0 heterocycles. The maximum absolute atomic E-state index is 11.4. The molecule has 0 atom stereocenters. The number of amides is 1. The van der Waals surface area contributed by atoms with E-state index in [-0.39, 0.29) is 12.5 Å². The second-order valence-electron chi connectivity index (χ2n) is 3.20. The number of hydrogen-bond donors (Lipinski definition) is 2. The Bertz CT molecular complexity index is 364. The van der Waals surface area contributed by atoms with E-state index in [1.807, 2.05) is 18.2 Å². The van der Waals surface area contributed by atoms with E-state index in [0.717, 1.165) is 11.4 Å². The average molecular weight is 220 g/mol. The molecule has 0 spiro atoms. The quantitative estimate of drug-likeness (QED) is 0.563. The molecule has 0 fully saturated rings. The number of hydrogen-bond acceptors (Lipinski definition) is 3. The van der Waals surface area contributed by atoms with E-state index in [4.69, 9.17) is 4.74 Å². The normalized spacial score (nSPS) is 9.56. The Morgan fingerprint density at radius 3 is 3.06 bits per heavy atom. The van der Waals surface area contributed by atoms with Crippen LogP contribution in [-0.2, 0) is 4.79 Å². The van der Waals surface area contributed by atoms with Crippen LogP contribution in [0.5, 0.6) is 5.75 Å². The second-order valence-corrected chi connectivity index (χ2v) is 3.20. The summed E-state index contributed by atoms with van der Waals surface area (Å²) in [5, 5.41) is 5.68. The predicted octanol–water partition coefficient (Wildman–Crippen LogP) is 1.41. The molecule has 4 nitrogen and oxygen atoms in total. The summed E-state index contributed by atoms with van der Waals surface area (Å²) in [7, 11) is 1.59. The molecule has 2 N–H and O–H groups in total. The first-order valence-electron chi connectivity index (χ1n) is 5.02. The van der Waals surface area contributed by atoms with Crippen LogP contribution < -0.4 is 15.4 Å². The van der Waals surface area contributed by atoms with E-state index >= 15 is 0 Å². The minimum atomic E-state index is -0.0879. The fraction of sp³-hybridized carbons (Fsp3) is 0.250. The van der Waals surface area contributed by atoms with Crippen LogP contribution in [0, 0.1) is 0 Å². The predicted molar refractivity (Wildman–Crippen MR) is 64.7 cm³/mol. The first-order valence-corrected chi connectivity index (χ1v) is 5.02. The maximum Gasteiger partial charge on any atom is 0.238 e. The third-order valence-corrected chi connectivity index (χ3v) is 1.93. The van der Waals surface area contributed by atoms with Crippen LogP contribution in [-0.4, -0.2) is 26.1 Å². The highest BCUT2D eigenvalue weighted by Crippen LogP contribution is 2.16. The SMILES string of the molecule is C=CCNCC(=O)Nc1cccc(OC)c1. The zero-order chi connectivity index (χ0) is 11.8. The fourth-order valence-electron chi connectivity index (χ4n) is 1.19. The molecule has 0 unspecified atom stereocenters. The van der Waals surface area contributed by atoms with Crippen molar-refractivity contribution in [3.63, 3.8) is 0 Å². The van der Waals surface area contributed by atoms with E-state index in [0.29, 0.717) is 6.54 Å². The van der Waals surface area contributed by atoms with Gasteiger partial charge in [-0.2, -0.15) is 0 Å². The van der Waals surface area contributed by atoms with Crippen molar-refractivity contribution in [3.05, 3.63) is 36.9 Å². The van der Waals surface area contributed by atoms with Crippen molar-refractivity contribution in [1.82, 2.24) is 5.32 Å². The van der Waals surface area contributed by atoms with Crippen molar-refractivity contribution in [1.29, 1.82) is 0 Å². The second kappa shape index (κ2) is 6.63. The summed E-state index contributed by atoms with van der Waals surface area (Å²) >= 11 is 0. The molecule has 1 amide bonds. The lowest BCUT2D eigenvalue weighted by atomic mass is 10.3. The Kier molecular flexibility index (Phi) is 5.08. The van der Waals surface area contributed by atoms with Crippen LogP contribution in [0.4, 0.5) is 5.69 Å². The number of nitrogens with one attached hydrogen (secondary N) is 2. The summed E-state index contributed by atoms with van der Waals surface area (Å²) in [6, 6.07) is 7.23. The van der Waals surface area contributed by atoms with Gasteiger partial charge in [-0.05, 0) is 12.1 Å². The number of anilines is 1. The molecule has 0 bridgehead atoms.